The molecule has 0 spiro atoms. The van der Waals surface area contributed by atoms with Gasteiger partial charge in [-0.25, -0.2) is 18.4 Å². The summed E-state index contributed by atoms with van der Waals surface area (Å²) in [5.41, 5.74) is 0.590. The van der Waals surface area contributed by atoms with Crippen molar-refractivity contribution in [3.8, 4) is 11.3 Å². The number of nitrogens with zero attached hydrogens (tertiary/aromatic N) is 3. The third-order valence-corrected chi connectivity index (χ3v) is 4.29. The first-order valence-electron chi connectivity index (χ1n) is 7.13. The predicted octanol–water partition coefficient (Wildman–Crippen LogP) is 2.74. The molecule has 25 heavy (non-hydrogen) atoms. The van der Waals surface area contributed by atoms with Crippen molar-refractivity contribution in [3.05, 3.63) is 62.9 Å². The minimum atomic E-state index is -0.968. The van der Waals surface area contributed by atoms with Crippen molar-refractivity contribution in [1.29, 1.82) is 0 Å². The van der Waals surface area contributed by atoms with Gasteiger partial charge in [-0.1, -0.05) is 0 Å². The highest BCUT2D eigenvalue weighted by molar-refractivity contribution is 7.16. The Morgan fingerprint density at radius 1 is 1.20 bits per heavy atom. The van der Waals surface area contributed by atoms with Crippen molar-refractivity contribution in [3.63, 3.8) is 0 Å². The summed E-state index contributed by atoms with van der Waals surface area (Å²) >= 11 is 1.19. The van der Waals surface area contributed by atoms with E-state index in [4.69, 9.17) is 0 Å². The van der Waals surface area contributed by atoms with Gasteiger partial charge in [-0.15, -0.1) is 11.3 Å². The molecule has 1 N–H and O–H groups in total. The van der Waals surface area contributed by atoms with Gasteiger partial charge in [0.25, 0.3) is 11.5 Å². The average Bonchev–Trinajstić information content (AvgIpc) is 2.93. The lowest BCUT2D eigenvalue weighted by Crippen LogP contribution is -2.23. The number of amides is 1. The summed E-state index contributed by atoms with van der Waals surface area (Å²) in [5.74, 6) is -2.43. The molecule has 0 saturated carbocycles. The molecule has 0 aliphatic carbocycles. The second-order valence-corrected chi connectivity index (χ2v) is 6.39. The van der Waals surface area contributed by atoms with Crippen LogP contribution in [0.25, 0.3) is 11.3 Å². The maximum absolute atomic E-state index is 13.4. The molecule has 0 aliphatic rings. The Balaban J connectivity index is 1.87. The number of nitrogens with one attached hydrogen (secondary N) is 1. The fraction of sp³-hybridized carbons (Fsp3) is 0.125. The first-order chi connectivity index (χ1) is 11.8. The van der Waals surface area contributed by atoms with E-state index < -0.39 is 17.5 Å². The Hall–Kier alpha value is -2.94. The van der Waals surface area contributed by atoms with Gasteiger partial charge >= 0.3 is 0 Å². The van der Waals surface area contributed by atoms with Crippen LogP contribution in [0.2, 0.25) is 0 Å². The number of benzene rings is 1. The van der Waals surface area contributed by atoms with Gasteiger partial charge in [-0.05, 0) is 31.2 Å². The Morgan fingerprint density at radius 2 is 1.96 bits per heavy atom. The number of aromatic nitrogens is 3. The normalized spacial score (nSPS) is 10.7. The highest BCUT2D eigenvalue weighted by atomic mass is 32.1. The highest BCUT2D eigenvalue weighted by Crippen LogP contribution is 2.31. The standard InChI is InChI=1S/C16H12F2N4O2S/c1-8-14(9-3-4-10(17)11(18)7-9)19-16(25-8)20-15(24)12-5-6-13(23)22(2)21-12/h3-7H,1-2H3,(H,19,20,24). The van der Waals surface area contributed by atoms with Crippen LogP contribution in [0.5, 0.6) is 0 Å². The number of anilines is 1. The molecule has 6 nitrogen and oxygen atoms in total. The summed E-state index contributed by atoms with van der Waals surface area (Å²) < 4.78 is 27.5. The Morgan fingerprint density at radius 3 is 2.64 bits per heavy atom. The van der Waals surface area contributed by atoms with Crippen LogP contribution in [0.15, 0.2) is 35.1 Å². The lowest BCUT2D eigenvalue weighted by atomic mass is 10.1. The minimum Gasteiger partial charge on any atom is -0.296 e. The zero-order valence-corrected chi connectivity index (χ0v) is 14.0. The maximum atomic E-state index is 13.4. The summed E-state index contributed by atoms with van der Waals surface area (Å²) in [6.07, 6.45) is 0. The molecule has 0 saturated heterocycles. The first-order valence-corrected chi connectivity index (χ1v) is 7.95. The van der Waals surface area contributed by atoms with E-state index in [1.807, 2.05) is 0 Å². The number of halogens is 2. The van der Waals surface area contributed by atoms with E-state index in [0.717, 1.165) is 21.7 Å². The van der Waals surface area contributed by atoms with E-state index in [9.17, 15) is 18.4 Å². The molecule has 9 heteroatoms. The topological polar surface area (TPSA) is 76.9 Å². The summed E-state index contributed by atoms with van der Waals surface area (Å²) in [6, 6.07) is 6.05. The van der Waals surface area contributed by atoms with Crippen LogP contribution in [0.4, 0.5) is 13.9 Å². The third-order valence-electron chi connectivity index (χ3n) is 3.40. The fourth-order valence-corrected chi connectivity index (χ4v) is 2.98. The molecule has 0 aliphatic heterocycles. The number of aryl methyl sites for hydroxylation is 2. The molecule has 3 rings (SSSR count). The van der Waals surface area contributed by atoms with Crippen LogP contribution in [-0.2, 0) is 7.05 Å². The van der Waals surface area contributed by atoms with Gasteiger partial charge in [0.15, 0.2) is 16.8 Å². The third kappa shape index (κ3) is 3.45. The van der Waals surface area contributed by atoms with Crippen LogP contribution in [0.1, 0.15) is 15.4 Å². The number of thiazole rings is 1. The Kier molecular flexibility index (Phi) is 4.41. The van der Waals surface area contributed by atoms with Gasteiger partial charge in [0.1, 0.15) is 5.69 Å². The number of carbonyl (C=O) groups is 1. The van der Waals surface area contributed by atoms with Crippen molar-refractivity contribution >= 4 is 22.4 Å². The number of carbonyl (C=O) groups excluding carboxylic acids is 1. The van der Waals surface area contributed by atoms with Gasteiger partial charge in [0, 0.05) is 23.6 Å². The summed E-state index contributed by atoms with van der Waals surface area (Å²) in [7, 11) is 1.44. The van der Waals surface area contributed by atoms with Crippen LogP contribution in [-0.4, -0.2) is 20.7 Å². The molecular weight excluding hydrogens is 350 g/mol. The summed E-state index contributed by atoms with van der Waals surface area (Å²) in [5, 5.41) is 6.73. The molecule has 1 amide bonds. The van der Waals surface area contributed by atoms with E-state index in [-0.39, 0.29) is 16.4 Å². The summed E-state index contributed by atoms with van der Waals surface area (Å²) in [4.78, 5) is 28.5. The van der Waals surface area contributed by atoms with Crippen LogP contribution in [0.3, 0.4) is 0 Å². The van der Waals surface area contributed by atoms with Crippen molar-refractivity contribution in [2.24, 2.45) is 7.05 Å². The van der Waals surface area contributed by atoms with Crippen LogP contribution >= 0.6 is 11.3 Å². The molecule has 0 bridgehead atoms. The summed E-state index contributed by atoms with van der Waals surface area (Å²) in [6.45, 7) is 1.76. The molecule has 2 heterocycles. The van der Waals surface area contributed by atoms with E-state index in [1.165, 1.54) is 36.6 Å². The van der Waals surface area contributed by atoms with Crippen molar-refractivity contribution in [1.82, 2.24) is 14.8 Å². The van der Waals surface area contributed by atoms with Gasteiger partial charge in [-0.3, -0.25) is 14.9 Å². The highest BCUT2D eigenvalue weighted by Gasteiger charge is 2.15. The molecule has 2 aromatic heterocycles. The number of hydrogen-bond donors (Lipinski definition) is 1. The number of hydrogen-bond acceptors (Lipinski definition) is 5. The SMILES string of the molecule is Cc1sc(NC(=O)c2ccc(=O)n(C)n2)nc1-c1ccc(F)c(F)c1. The van der Waals surface area contributed by atoms with E-state index in [2.05, 4.69) is 15.4 Å². The smallest absolute Gasteiger partial charge is 0.277 e. The molecule has 3 aromatic rings. The van der Waals surface area contributed by atoms with Crippen LogP contribution < -0.4 is 10.9 Å². The lowest BCUT2D eigenvalue weighted by molar-refractivity contribution is 0.102. The molecular formula is C16H12F2N4O2S. The molecule has 128 valence electrons. The largest absolute Gasteiger partial charge is 0.296 e. The van der Waals surface area contributed by atoms with Crippen molar-refractivity contribution in [2.75, 3.05) is 5.32 Å². The Bertz CT molecular complexity index is 1030. The molecule has 0 fully saturated rings. The number of rotatable bonds is 3. The lowest BCUT2D eigenvalue weighted by Gasteiger charge is -2.02. The van der Waals surface area contributed by atoms with E-state index in [1.54, 1.807) is 6.92 Å². The second-order valence-electron chi connectivity index (χ2n) is 5.19. The molecule has 0 radical (unpaired) electrons. The second kappa shape index (κ2) is 6.52. The quantitative estimate of drug-likeness (QED) is 0.777. The van der Waals surface area contributed by atoms with E-state index in [0.29, 0.717) is 11.3 Å². The first kappa shape index (κ1) is 16.9. The van der Waals surface area contributed by atoms with Crippen molar-refractivity contribution < 1.29 is 13.6 Å². The van der Waals surface area contributed by atoms with Gasteiger partial charge in [0.2, 0.25) is 0 Å². The Labute approximate surface area is 144 Å². The van der Waals surface area contributed by atoms with Gasteiger partial charge < -0.3 is 0 Å². The average molecular weight is 362 g/mol. The minimum absolute atomic E-state index is 0.0596. The molecule has 1 aromatic carbocycles. The zero-order chi connectivity index (χ0) is 18.1. The van der Waals surface area contributed by atoms with Crippen LogP contribution in [0, 0.1) is 18.6 Å². The van der Waals surface area contributed by atoms with E-state index >= 15 is 0 Å². The fourth-order valence-electron chi connectivity index (χ4n) is 2.15. The predicted molar refractivity (Wildman–Crippen MR) is 89.6 cm³/mol. The monoisotopic (exact) mass is 362 g/mol. The molecule has 0 atom stereocenters. The zero-order valence-electron chi connectivity index (χ0n) is 13.2. The molecule has 0 unspecified atom stereocenters. The van der Waals surface area contributed by atoms with Gasteiger partial charge in [0.05, 0.1) is 5.69 Å². The van der Waals surface area contributed by atoms with Gasteiger partial charge in [-0.2, -0.15) is 5.10 Å². The van der Waals surface area contributed by atoms with Crippen molar-refractivity contribution in [2.45, 2.75) is 6.92 Å². The maximum Gasteiger partial charge on any atom is 0.277 e.